The van der Waals surface area contributed by atoms with Crippen LogP contribution in [0.3, 0.4) is 0 Å². The van der Waals surface area contributed by atoms with Gasteiger partial charge in [-0.2, -0.15) is 5.10 Å². The molecule has 3 rings (SSSR count). The van der Waals surface area contributed by atoms with E-state index < -0.39 is 0 Å². The van der Waals surface area contributed by atoms with Crippen LogP contribution in [-0.4, -0.2) is 18.3 Å². The summed E-state index contributed by atoms with van der Waals surface area (Å²) in [5, 5.41) is 7.64. The van der Waals surface area contributed by atoms with E-state index in [1.165, 1.54) is 11.3 Å². The van der Waals surface area contributed by atoms with E-state index in [-0.39, 0.29) is 0 Å². The molecule has 0 fully saturated rings. The molecule has 0 aliphatic carbocycles. The number of anilines is 1. The van der Waals surface area contributed by atoms with E-state index >= 15 is 0 Å². The Kier molecular flexibility index (Phi) is 6.09. The highest BCUT2D eigenvalue weighted by Crippen LogP contribution is 2.23. The van der Waals surface area contributed by atoms with E-state index in [1.54, 1.807) is 25.5 Å². The second kappa shape index (κ2) is 8.69. The number of benzene rings is 2. The van der Waals surface area contributed by atoms with Crippen molar-refractivity contribution in [1.82, 2.24) is 4.98 Å². The quantitative estimate of drug-likeness (QED) is 0.450. The first-order chi connectivity index (χ1) is 12.6. The number of hydrogen-bond donors (Lipinski definition) is 1. The van der Waals surface area contributed by atoms with E-state index in [9.17, 15) is 0 Å². The lowest BCUT2D eigenvalue weighted by Crippen LogP contribution is -2.00. The Morgan fingerprint density at radius 2 is 2.04 bits per heavy atom. The van der Waals surface area contributed by atoms with Gasteiger partial charge in [0.15, 0.2) is 0 Å². The molecular formula is C19H18ClN3O2S. The molecule has 0 spiro atoms. The molecule has 0 saturated heterocycles. The van der Waals surface area contributed by atoms with Crippen molar-refractivity contribution in [3.05, 3.63) is 69.7 Å². The van der Waals surface area contributed by atoms with Gasteiger partial charge in [0.2, 0.25) is 5.13 Å². The van der Waals surface area contributed by atoms with Gasteiger partial charge < -0.3 is 9.47 Å². The predicted octanol–water partition coefficient (Wildman–Crippen LogP) is 5.14. The fraction of sp³-hybridized carbons (Fsp3) is 0.158. The Labute approximate surface area is 161 Å². The molecule has 0 aliphatic rings. The van der Waals surface area contributed by atoms with Crippen LogP contribution < -0.4 is 14.9 Å². The maximum Gasteiger partial charge on any atom is 0.203 e. The van der Waals surface area contributed by atoms with Gasteiger partial charge >= 0.3 is 0 Å². The topological polar surface area (TPSA) is 55.7 Å². The van der Waals surface area contributed by atoms with Gasteiger partial charge in [-0.3, -0.25) is 5.43 Å². The number of nitrogens with zero attached hydrogens (tertiary/aromatic N) is 2. The van der Waals surface area contributed by atoms with Gasteiger partial charge in [0.25, 0.3) is 0 Å². The molecule has 0 amide bonds. The van der Waals surface area contributed by atoms with Crippen molar-refractivity contribution in [2.75, 3.05) is 12.5 Å². The van der Waals surface area contributed by atoms with Crippen LogP contribution in [0.1, 0.15) is 16.8 Å². The van der Waals surface area contributed by atoms with Crippen LogP contribution in [0.4, 0.5) is 5.13 Å². The van der Waals surface area contributed by atoms with Crippen LogP contribution in [0.25, 0.3) is 0 Å². The van der Waals surface area contributed by atoms with Crippen LogP contribution in [0.5, 0.6) is 11.5 Å². The summed E-state index contributed by atoms with van der Waals surface area (Å²) in [4.78, 5) is 4.30. The number of methoxy groups -OCH3 is 1. The van der Waals surface area contributed by atoms with E-state index in [0.717, 1.165) is 33.5 Å². The summed E-state index contributed by atoms with van der Waals surface area (Å²) in [7, 11) is 1.64. The normalized spacial score (nSPS) is 10.9. The lowest BCUT2D eigenvalue weighted by molar-refractivity contribution is 0.296. The first kappa shape index (κ1) is 18.2. The summed E-state index contributed by atoms with van der Waals surface area (Å²) in [5.41, 5.74) is 5.76. The molecule has 2 aromatic carbocycles. The fourth-order valence-electron chi connectivity index (χ4n) is 2.25. The van der Waals surface area contributed by atoms with Crippen molar-refractivity contribution >= 4 is 34.3 Å². The maximum atomic E-state index is 5.89. The van der Waals surface area contributed by atoms with Gasteiger partial charge in [-0.25, -0.2) is 4.98 Å². The smallest absolute Gasteiger partial charge is 0.203 e. The van der Waals surface area contributed by atoms with Crippen LogP contribution in [0.2, 0.25) is 5.02 Å². The monoisotopic (exact) mass is 387 g/mol. The number of hydrogen-bond acceptors (Lipinski definition) is 6. The molecule has 0 atom stereocenters. The highest BCUT2D eigenvalue weighted by molar-refractivity contribution is 7.13. The molecule has 7 heteroatoms. The molecule has 0 bridgehead atoms. The number of ether oxygens (including phenoxy) is 2. The summed E-state index contributed by atoms with van der Waals surface area (Å²) in [6.45, 7) is 2.33. The molecule has 1 heterocycles. The third kappa shape index (κ3) is 4.97. The van der Waals surface area contributed by atoms with Crippen LogP contribution in [0, 0.1) is 6.92 Å². The van der Waals surface area contributed by atoms with Crippen molar-refractivity contribution in [3.63, 3.8) is 0 Å². The lowest BCUT2D eigenvalue weighted by atomic mass is 10.1. The van der Waals surface area contributed by atoms with Crippen molar-refractivity contribution in [1.29, 1.82) is 0 Å². The summed E-state index contributed by atoms with van der Waals surface area (Å²) in [6.07, 6.45) is 1.74. The van der Waals surface area contributed by atoms with Gasteiger partial charge in [-0.05, 0) is 55.0 Å². The first-order valence-electron chi connectivity index (χ1n) is 7.90. The second-order valence-electron chi connectivity index (χ2n) is 5.48. The third-order valence-corrected chi connectivity index (χ3v) is 4.62. The number of thiazole rings is 1. The molecule has 0 radical (unpaired) electrons. The van der Waals surface area contributed by atoms with Crippen molar-refractivity contribution in [2.24, 2.45) is 5.10 Å². The highest BCUT2D eigenvalue weighted by Gasteiger charge is 2.05. The van der Waals surface area contributed by atoms with Crippen molar-refractivity contribution in [3.8, 4) is 11.5 Å². The number of hydrazone groups is 1. The van der Waals surface area contributed by atoms with Gasteiger partial charge in [0, 0.05) is 16.0 Å². The molecule has 3 aromatic rings. The molecule has 1 N–H and O–H groups in total. The minimum Gasteiger partial charge on any atom is -0.496 e. The average molecular weight is 388 g/mol. The number of nitrogens with one attached hydrogen (secondary N) is 1. The first-order valence-corrected chi connectivity index (χ1v) is 9.16. The van der Waals surface area contributed by atoms with Gasteiger partial charge in [-0.15, -0.1) is 11.3 Å². The van der Waals surface area contributed by atoms with E-state index in [1.807, 2.05) is 42.6 Å². The van der Waals surface area contributed by atoms with Crippen molar-refractivity contribution in [2.45, 2.75) is 13.5 Å². The van der Waals surface area contributed by atoms with Crippen molar-refractivity contribution < 1.29 is 9.47 Å². The Balaban J connectivity index is 1.68. The molecule has 5 nitrogen and oxygen atoms in total. The predicted molar refractivity (Wildman–Crippen MR) is 107 cm³/mol. The summed E-state index contributed by atoms with van der Waals surface area (Å²) in [6, 6.07) is 13.1. The minimum atomic E-state index is 0.381. The van der Waals surface area contributed by atoms with Gasteiger partial charge in [-0.1, -0.05) is 11.6 Å². The van der Waals surface area contributed by atoms with Gasteiger partial charge in [0.05, 0.1) is 19.0 Å². The van der Waals surface area contributed by atoms with Gasteiger partial charge in [0.1, 0.15) is 18.1 Å². The Morgan fingerprint density at radius 3 is 2.73 bits per heavy atom. The zero-order valence-corrected chi connectivity index (χ0v) is 16.0. The number of aromatic nitrogens is 1. The molecule has 0 aliphatic heterocycles. The lowest BCUT2D eigenvalue weighted by Gasteiger charge is -2.11. The maximum absolute atomic E-state index is 5.89. The Morgan fingerprint density at radius 1 is 1.23 bits per heavy atom. The van der Waals surface area contributed by atoms with E-state index in [0.29, 0.717) is 11.6 Å². The largest absolute Gasteiger partial charge is 0.496 e. The number of halogens is 1. The molecular weight excluding hydrogens is 370 g/mol. The SMILES string of the molecule is COc1ccc(C=NNc2nc(C)cs2)cc1COc1ccc(Cl)cc1. The zero-order valence-electron chi connectivity index (χ0n) is 14.4. The van der Waals surface area contributed by atoms with Crippen LogP contribution in [-0.2, 0) is 6.61 Å². The number of rotatable bonds is 7. The summed E-state index contributed by atoms with van der Waals surface area (Å²) < 4.78 is 11.2. The third-order valence-electron chi connectivity index (χ3n) is 3.51. The molecule has 0 unspecified atom stereocenters. The Bertz CT molecular complexity index is 894. The average Bonchev–Trinajstić information content (AvgIpc) is 3.06. The second-order valence-corrected chi connectivity index (χ2v) is 6.77. The summed E-state index contributed by atoms with van der Waals surface area (Å²) >= 11 is 7.41. The van der Waals surface area contributed by atoms with Crippen LogP contribution in [0.15, 0.2) is 52.9 Å². The fourth-order valence-corrected chi connectivity index (χ4v) is 3.01. The number of aryl methyl sites for hydroxylation is 1. The molecule has 134 valence electrons. The zero-order chi connectivity index (χ0) is 18.4. The standard InChI is InChI=1S/C19H18ClN3O2S/c1-13-12-26-19(22-13)23-21-10-14-3-8-18(24-2)15(9-14)11-25-17-6-4-16(20)5-7-17/h3-10,12H,11H2,1-2H3,(H,22,23). The molecule has 1 aromatic heterocycles. The molecule has 0 saturated carbocycles. The minimum absolute atomic E-state index is 0.381. The highest BCUT2D eigenvalue weighted by atomic mass is 35.5. The summed E-state index contributed by atoms with van der Waals surface area (Å²) in [5.74, 6) is 1.51. The van der Waals surface area contributed by atoms with E-state index in [2.05, 4.69) is 15.5 Å². The Hall–Kier alpha value is -2.57. The van der Waals surface area contributed by atoms with E-state index in [4.69, 9.17) is 21.1 Å². The molecule has 26 heavy (non-hydrogen) atoms. The van der Waals surface area contributed by atoms with Crippen LogP contribution >= 0.6 is 22.9 Å².